The van der Waals surface area contributed by atoms with E-state index < -0.39 is 0 Å². The first kappa shape index (κ1) is 19.7. The number of carbonyl (C=O) groups is 1. The number of nitrogens with zero attached hydrogens (tertiary/aromatic N) is 4. The van der Waals surface area contributed by atoms with Crippen molar-refractivity contribution in [3.63, 3.8) is 0 Å². The highest BCUT2D eigenvalue weighted by atomic mass is 79.9. The van der Waals surface area contributed by atoms with E-state index in [4.69, 9.17) is 4.99 Å². The van der Waals surface area contributed by atoms with E-state index in [0.717, 1.165) is 23.5 Å². The third-order valence-corrected chi connectivity index (χ3v) is 8.81. The van der Waals surface area contributed by atoms with Crippen molar-refractivity contribution in [3.8, 4) is 0 Å². The van der Waals surface area contributed by atoms with Crippen LogP contribution in [0.15, 0.2) is 69.7 Å². The lowest BCUT2D eigenvalue weighted by Crippen LogP contribution is -2.42. The Morgan fingerprint density at radius 1 is 1.20 bits per heavy atom. The number of amides is 1. The number of thiophene rings is 1. The van der Waals surface area contributed by atoms with Gasteiger partial charge in [0.2, 0.25) is 5.95 Å². The number of thioether (sulfide) groups is 1. The molecule has 0 spiro atoms. The van der Waals surface area contributed by atoms with Crippen LogP contribution in [0.25, 0.3) is 0 Å². The highest BCUT2D eigenvalue weighted by Gasteiger charge is 2.52. The van der Waals surface area contributed by atoms with E-state index >= 15 is 0 Å². The highest BCUT2D eigenvalue weighted by molar-refractivity contribution is 9.10. The Labute approximate surface area is 191 Å². The molecule has 6 nitrogen and oxygen atoms in total. The molecule has 5 rings (SSSR count). The summed E-state index contributed by atoms with van der Waals surface area (Å²) in [6.45, 7) is 2.24. The second-order valence-corrected chi connectivity index (χ2v) is 10.4. The summed E-state index contributed by atoms with van der Waals surface area (Å²) >= 11 is 6.98. The van der Waals surface area contributed by atoms with Gasteiger partial charge in [-0.2, -0.15) is 0 Å². The van der Waals surface area contributed by atoms with Crippen LogP contribution in [0.2, 0.25) is 0 Å². The Kier molecular flexibility index (Phi) is 5.34. The van der Waals surface area contributed by atoms with Crippen molar-refractivity contribution in [2.75, 3.05) is 24.5 Å². The van der Waals surface area contributed by atoms with Gasteiger partial charge in [-0.25, -0.2) is 9.97 Å². The predicted molar refractivity (Wildman–Crippen MR) is 125 cm³/mol. The molecular formula is C21H18BrN5OS2. The Hall–Kier alpha value is -2.23. The largest absolute Gasteiger partial charge is 0.339 e. The molecule has 1 aromatic carbocycles. The van der Waals surface area contributed by atoms with Gasteiger partial charge in [0.05, 0.1) is 4.75 Å². The minimum Gasteiger partial charge on any atom is -0.339 e. The van der Waals surface area contributed by atoms with E-state index in [9.17, 15) is 4.79 Å². The summed E-state index contributed by atoms with van der Waals surface area (Å²) in [7, 11) is 0. The number of halogens is 1. The van der Waals surface area contributed by atoms with Gasteiger partial charge in [0.1, 0.15) is 0 Å². The first-order valence-electron chi connectivity index (χ1n) is 9.50. The fourth-order valence-corrected chi connectivity index (χ4v) is 7.09. The van der Waals surface area contributed by atoms with Crippen LogP contribution < -0.4 is 10.2 Å². The van der Waals surface area contributed by atoms with Crippen molar-refractivity contribution in [1.82, 2.24) is 15.3 Å². The lowest BCUT2D eigenvalue weighted by Gasteiger charge is -2.35. The van der Waals surface area contributed by atoms with Crippen molar-refractivity contribution in [2.45, 2.75) is 4.75 Å². The van der Waals surface area contributed by atoms with Crippen LogP contribution in [-0.2, 0) is 4.75 Å². The average Bonchev–Trinajstić information content (AvgIpc) is 3.39. The molecular weight excluding hydrogens is 482 g/mol. The summed E-state index contributed by atoms with van der Waals surface area (Å²) in [6, 6.07) is 13.2. The summed E-state index contributed by atoms with van der Waals surface area (Å²) in [5, 5.41) is 5.80. The van der Waals surface area contributed by atoms with Gasteiger partial charge in [-0.1, -0.05) is 30.0 Å². The zero-order valence-corrected chi connectivity index (χ0v) is 19.1. The number of amidine groups is 1. The van der Waals surface area contributed by atoms with Gasteiger partial charge in [-0.15, -0.1) is 11.3 Å². The van der Waals surface area contributed by atoms with Crippen molar-refractivity contribution in [1.29, 1.82) is 0 Å². The summed E-state index contributed by atoms with van der Waals surface area (Å²) in [5.41, 5.74) is 0.626. The molecule has 1 saturated heterocycles. The van der Waals surface area contributed by atoms with E-state index in [1.54, 1.807) is 35.5 Å². The standard InChI is InChI=1S/C21H18BrN5OS2/c22-16-9-17(29-12-16)21-13-27(19-23-7-4-8-24-19)11-15(21)10-25-20(30-21)26-18(28)14-5-2-1-3-6-14/h1-9,12,15H,10-11,13H2,(H,25,26,28)/t15-,21-/m0/s1. The number of hydrogen-bond acceptors (Lipinski definition) is 7. The number of anilines is 1. The van der Waals surface area contributed by atoms with Crippen LogP contribution in [0.4, 0.5) is 5.95 Å². The van der Waals surface area contributed by atoms with Crippen molar-refractivity contribution in [3.05, 3.63) is 75.2 Å². The van der Waals surface area contributed by atoms with Gasteiger partial charge in [0.15, 0.2) is 5.17 Å². The predicted octanol–water partition coefficient (Wildman–Crippen LogP) is 4.17. The second kappa shape index (κ2) is 8.13. The van der Waals surface area contributed by atoms with Crippen LogP contribution >= 0.6 is 39.0 Å². The highest BCUT2D eigenvalue weighted by Crippen LogP contribution is 2.53. The molecule has 2 atom stereocenters. The van der Waals surface area contributed by atoms with E-state index in [1.165, 1.54) is 4.88 Å². The molecule has 30 heavy (non-hydrogen) atoms. The van der Waals surface area contributed by atoms with Crippen molar-refractivity contribution >= 4 is 56.1 Å². The second-order valence-electron chi connectivity index (χ2n) is 7.21. The van der Waals surface area contributed by atoms with Gasteiger partial charge in [0.25, 0.3) is 5.91 Å². The number of rotatable bonds is 3. The number of nitrogens with one attached hydrogen (secondary N) is 1. The molecule has 0 bridgehead atoms. The number of hydrogen-bond donors (Lipinski definition) is 1. The van der Waals surface area contributed by atoms with E-state index in [0.29, 0.717) is 23.2 Å². The van der Waals surface area contributed by atoms with Crippen LogP contribution in [-0.4, -0.2) is 40.7 Å². The number of aromatic nitrogens is 2. The lowest BCUT2D eigenvalue weighted by molar-refractivity contribution is 0.0977. The number of benzene rings is 1. The third-order valence-electron chi connectivity index (χ3n) is 5.34. The molecule has 2 aliphatic rings. The molecule has 1 N–H and O–H groups in total. The smallest absolute Gasteiger partial charge is 0.257 e. The normalized spacial score (nSPS) is 23.0. The molecule has 3 aromatic rings. The lowest BCUT2D eigenvalue weighted by atomic mass is 9.93. The zero-order chi connectivity index (χ0) is 20.6. The number of carbonyl (C=O) groups excluding carboxylic acids is 1. The summed E-state index contributed by atoms with van der Waals surface area (Å²) < 4.78 is 0.861. The quantitative estimate of drug-likeness (QED) is 0.585. The van der Waals surface area contributed by atoms with E-state index in [-0.39, 0.29) is 10.7 Å². The Morgan fingerprint density at radius 2 is 2.00 bits per heavy atom. The molecule has 1 amide bonds. The Morgan fingerprint density at radius 3 is 2.73 bits per heavy atom. The SMILES string of the molecule is O=C(NC1=NC[C@H]2CN(c3ncccn3)C[C@]2(c2cc(Br)cs2)S1)c1ccccc1. The Balaban J connectivity index is 1.44. The summed E-state index contributed by atoms with van der Waals surface area (Å²) in [6.07, 6.45) is 3.54. The molecule has 1 fully saturated rings. The summed E-state index contributed by atoms with van der Waals surface area (Å²) in [4.78, 5) is 29.8. The van der Waals surface area contributed by atoms with Gasteiger partial charge in [-0.3, -0.25) is 9.79 Å². The minimum atomic E-state index is -0.211. The minimum absolute atomic E-state index is 0.135. The fourth-order valence-electron chi connectivity index (χ4n) is 3.90. The van der Waals surface area contributed by atoms with E-state index in [2.05, 4.69) is 47.6 Å². The molecule has 0 unspecified atom stereocenters. The fraction of sp³-hybridized carbons (Fsp3) is 0.238. The monoisotopic (exact) mass is 499 g/mol. The number of aliphatic imine (C=N–C) groups is 1. The van der Waals surface area contributed by atoms with E-state index in [1.807, 2.05) is 36.4 Å². The average molecular weight is 500 g/mol. The van der Waals surface area contributed by atoms with Crippen LogP contribution in [0, 0.1) is 5.92 Å². The third kappa shape index (κ3) is 3.66. The first-order valence-corrected chi connectivity index (χ1v) is 12.0. The molecule has 4 heterocycles. The number of fused-ring (bicyclic) bond motifs is 1. The maximum Gasteiger partial charge on any atom is 0.257 e. The topological polar surface area (TPSA) is 70.5 Å². The molecule has 2 aliphatic heterocycles. The van der Waals surface area contributed by atoms with Crippen LogP contribution in [0.3, 0.4) is 0 Å². The van der Waals surface area contributed by atoms with Gasteiger partial charge < -0.3 is 10.2 Å². The maximum absolute atomic E-state index is 12.7. The van der Waals surface area contributed by atoms with Crippen molar-refractivity contribution < 1.29 is 4.79 Å². The molecule has 9 heteroatoms. The first-order chi connectivity index (χ1) is 14.6. The molecule has 0 radical (unpaired) electrons. The molecule has 0 aliphatic carbocycles. The summed E-state index contributed by atoms with van der Waals surface area (Å²) in [5.74, 6) is 0.899. The zero-order valence-electron chi connectivity index (χ0n) is 15.9. The molecule has 2 aromatic heterocycles. The maximum atomic E-state index is 12.7. The van der Waals surface area contributed by atoms with Crippen molar-refractivity contribution in [2.24, 2.45) is 10.9 Å². The van der Waals surface area contributed by atoms with Crippen LogP contribution in [0.5, 0.6) is 0 Å². The van der Waals surface area contributed by atoms with Gasteiger partial charge in [-0.05, 0) is 40.2 Å². The van der Waals surface area contributed by atoms with Gasteiger partial charge in [0, 0.05) is 58.2 Å². The molecule has 0 saturated carbocycles. The Bertz CT molecular complexity index is 1090. The molecule has 152 valence electrons. The van der Waals surface area contributed by atoms with Gasteiger partial charge >= 0.3 is 0 Å². The van der Waals surface area contributed by atoms with Crippen LogP contribution in [0.1, 0.15) is 15.2 Å².